The second kappa shape index (κ2) is 7.80. The number of halogens is 6. The lowest BCUT2D eigenvalue weighted by atomic mass is 9.89. The van der Waals surface area contributed by atoms with E-state index in [4.69, 9.17) is 0 Å². The fourth-order valence-corrected chi connectivity index (χ4v) is 6.54. The second-order valence-electron chi connectivity index (χ2n) is 8.32. The van der Waals surface area contributed by atoms with Crippen LogP contribution in [-0.2, 0) is 0 Å². The maximum atomic E-state index is 15.5. The van der Waals surface area contributed by atoms with Crippen LogP contribution in [0.2, 0.25) is 0 Å². The van der Waals surface area contributed by atoms with Crippen LogP contribution in [-0.4, -0.2) is 24.1 Å². The minimum atomic E-state index is -5.63. The van der Waals surface area contributed by atoms with E-state index in [0.29, 0.717) is 22.1 Å². The molecule has 9 heteroatoms. The van der Waals surface area contributed by atoms with E-state index in [2.05, 4.69) is 0 Å². The third-order valence-corrected chi connectivity index (χ3v) is 8.27. The molecule has 0 saturated carbocycles. The highest BCUT2D eigenvalue weighted by atomic mass is 32.1. The van der Waals surface area contributed by atoms with Gasteiger partial charge in [0.05, 0.1) is 0 Å². The number of allylic oxidation sites excluding steroid dienone is 2. The molecule has 1 nitrogen and oxygen atoms in total. The fraction of sp³-hybridized carbons (Fsp3) is 0.192. The molecule has 35 heavy (non-hydrogen) atoms. The zero-order valence-corrected chi connectivity index (χ0v) is 19.9. The van der Waals surface area contributed by atoms with Crippen LogP contribution >= 0.6 is 22.7 Å². The van der Waals surface area contributed by atoms with Gasteiger partial charge >= 0.3 is 17.8 Å². The molecule has 0 saturated heterocycles. The summed E-state index contributed by atoms with van der Waals surface area (Å²) in [4.78, 5) is 11.5. The Morgan fingerprint density at radius 2 is 1.37 bits per heavy atom. The van der Waals surface area contributed by atoms with Gasteiger partial charge in [0.1, 0.15) is 6.29 Å². The third-order valence-electron chi connectivity index (χ3n) is 6.27. The van der Waals surface area contributed by atoms with Crippen molar-refractivity contribution in [3.8, 4) is 11.1 Å². The Hall–Kier alpha value is -2.91. The lowest BCUT2D eigenvalue weighted by Gasteiger charge is -2.26. The fourth-order valence-electron chi connectivity index (χ4n) is 4.59. The SMILES string of the molecule is Cc1scc(-c2ccc(C=O)cc2)c1C1=C(c2c(C)sc3ccccc23)C(F)(F)C(F)(F)C1(F)F. The molecule has 0 aliphatic heterocycles. The van der Waals surface area contributed by atoms with Gasteiger partial charge in [0, 0.05) is 53.2 Å². The summed E-state index contributed by atoms with van der Waals surface area (Å²) in [6.07, 6.45) is 0.598. The van der Waals surface area contributed by atoms with Gasteiger partial charge in [-0.15, -0.1) is 22.7 Å². The normalized spacial score (nSPS) is 18.4. The van der Waals surface area contributed by atoms with Crippen molar-refractivity contribution in [2.24, 2.45) is 0 Å². The number of carbonyl (C=O) groups excluding carboxylic acids is 1. The first kappa shape index (κ1) is 23.8. The molecule has 2 heterocycles. The van der Waals surface area contributed by atoms with Crippen molar-refractivity contribution in [2.75, 3.05) is 0 Å². The maximum absolute atomic E-state index is 15.5. The van der Waals surface area contributed by atoms with Crippen molar-refractivity contribution in [3.05, 3.63) is 80.4 Å². The van der Waals surface area contributed by atoms with Gasteiger partial charge in [-0.1, -0.05) is 42.5 Å². The van der Waals surface area contributed by atoms with Crippen LogP contribution in [0.5, 0.6) is 0 Å². The highest BCUT2D eigenvalue weighted by molar-refractivity contribution is 7.19. The first-order chi connectivity index (χ1) is 16.4. The Balaban J connectivity index is 1.91. The predicted octanol–water partition coefficient (Wildman–Crippen LogP) is 8.89. The van der Waals surface area contributed by atoms with Gasteiger partial charge in [-0.25, -0.2) is 0 Å². The first-order valence-electron chi connectivity index (χ1n) is 10.4. The molecule has 1 aliphatic rings. The van der Waals surface area contributed by atoms with Crippen LogP contribution in [0.3, 0.4) is 0 Å². The lowest BCUT2D eigenvalue weighted by molar-refractivity contribution is -0.254. The molecule has 4 aromatic rings. The number of aryl methyl sites for hydroxylation is 2. The number of aldehydes is 1. The number of benzene rings is 2. The van der Waals surface area contributed by atoms with Crippen molar-refractivity contribution >= 4 is 50.2 Å². The molecule has 0 atom stereocenters. The monoisotopic (exact) mass is 522 g/mol. The topological polar surface area (TPSA) is 17.1 Å². The summed E-state index contributed by atoms with van der Waals surface area (Å²) in [5, 5.41) is 1.70. The predicted molar refractivity (Wildman–Crippen MR) is 128 cm³/mol. The molecule has 180 valence electrons. The quantitative estimate of drug-likeness (QED) is 0.193. The summed E-state index contributed by atoms with van der Waals surface area (Å²) >= 11 is 2.09. The second-order valence-corrected chi connectivity index (χ2v) is 10.7. The molecule has 0 unspecified atom stereocenters. The Morgan fingerprint density at radius 1 is 0.771 bits per heavy atom. The Morgan fingerprint density at radius 3 is 2.00 bits per heavy atom. The number of thiophene rings is 2. The van der Waals surface area contributed by atoms with E-state index in [-0.39, 0.29) is 31.8 Å². The molecular formula is C26H16F6OS2. The van der Waals surface area contributed by atoms with Gasteiger partial charge in [0.2, 0.25) is 0 Å². The van der Waals surface area contributed by atoms with Gasteiger partial charge in [-0.05, 0) is 30.9 Å². The average molecular weight is 523 g/mol. The van der Waals surface area contributed by atoms with Gasteiger partial charge in [0.25, 0.3) is 0 Å². The standard InChI is InChI=1S/C26H16F6OS2/c1-13-20(18(12-34-13)16-9-7-15(11-33)8-10-16)22-23(25(29,30)26(31,32)24(22,27)28)21-14(2)35-19-6-4-3-5-17(19)21/h3-12H,1-2H3. The summed E-state index contributed by atoms with van der Waals surface area (Å²) in [6, 6.07) is 12.2. The maximum Gasteiger partial charge on any atom is 0.380 e. The summed E-state index contributed by atoms with van der Waals surface area (Å²) in [5.74, 6) is -15.9. The number of hydrogen-bond acceptors (Lipinski definition) is 3. The molecule has 5 rings (SSSR count). The molecule has 0 spiro atoms. The van der Waals surface area contributed by atoms with E-state index in [1.54, 1.807) is 18.2 Å². The lowest BCUT2D eigenvalue weighted by Crippen LogP contribution is -2.49. The Kier molecular flexibility index (Phi) is 5.30. The van der Waals surface area contributed by atoms with E-state index >= 15 is 17.6 Å². The molecule has 0 radical (unpaired) electrons. The first-order valence-corrected chi connectivity index (χ1v) is 12.1. The Bertz CT molecular complexity index is 1510. The summed E-state index contributed by atoms with van der Waals surface area (Å²) in [5.41, 5.74) is -2.50. The molecular weight excluding hydrogens is 506 g/mol. The molecule has 0 N–H and O–H groups in total. The van der Waals surface area contributed by atoms with E-state index in [1.165, 1.54) is 49.6 Å². The third kappa shape index (κ3) is 3.17. The van der Waals surface area contributed by atoms with Crippen LogP contribution in [0.4, 0.5) is 26.3 Å². The van der Waals surface area contributed by atoms with E-state index < -0.39 is 28.9 Å². The van der Waals surface area contributed by atoms with E-state index in [9.17, 15) is 13.6 Å². The molecule has 2 aromatic carbocycles. The number of alkyl halides is 6. The number of fused-ring (bicyclic) bond motifs is 1. The van der Waals surface area contributed by atoms with Crippen molar-refractivity contribution in [3.63, 3.8) is 0 Å². The van der Waals surface area contributed by atoms with Gasteiger partial charge in [0.15, 0.2) is 0 Å². The smallest absolute Gasteiger partial charge is 0.298 e. The van der Waals surface area contributed by atoms with Crippen molar-refractivity contribution in [1.82, 2.24) is 0 Å². The van der Waals surface area contributed by atoms with Crippen molar-refractivity contribution < 1.29 is 31.1 Å². The molecule has 0 bridgehead atoms. The minimum absolute atomic E-state index is 0.128. The van der Waals surface area contributed by atoms with Crippen LogP contribution in [0.1, 0.15) is 31.2 Å². The van der Waals surface area contributed by atoms with Gasteiger partial charge in [-0.2, -0.15) is 26.3 Å². The summed E-state index contributed by atoms with van der Waals surface area (Å²) in [7, 11) is 0. The zero-order valence-electron chi connectivity index (χ0n) is 18.3. The highest BCUT2D eigenvalue weighted by Crippen LogP contribution is 2.67. The number of rotatable bonds is 4. The minimum Gasteiger partial charge on any atom is -0.298 e. The van der Waals surface area contributed by atoms with Crippen molar-refractivity contribution in [1.29, 1.82) is 0 Å². The number of carbonyl (C=O) groups is 1. The zero-order chi connectivity index (χ0) is 25.3. The largest absolute Gasteiger partial charge is 0.380 e. The average Bonchev–Trinajstić information content (AvgIpc) is 3.38. The summed E-state index contributed by atoms with van der Waals surface area (Å²) in [6.45, 7) is 2.91. The van der Waals surface area contributed by atoms with Gasteiger partial charge in [-0.3, -0.25) is 4.79 Å². The molecule has 1 aliphatic carbocycles. The van der Waals surface area contributed by atoms with Crippen LogP contribution < -0.4 is 0 Å². The van der Waals surface area contributed by atoms with Gasteiger partial charge < -0.3 is 0 Å². The van der Waals surface area contributed by atoms with Crippen molar-refractivity contribution in [2.45, 2.75) is 31.6 Å². The van der Waals surface area contributed by atoms with E-state index in [0.717, 1.165) is 22.7 Å². The summed E-state index contributed by atoms with van der Waals surface area (Å²) < 4.78 is 92.2. The highest BCUT2D eigenvalue weighted by Gasteiger charge is 2.80. The molecule has 0 fully saturated rings. The number of hydrogen-bond donors (Lipinski definition) is 0. The Labute approximate surface area is 204 Å². The van der Waals surface area contributed by atoms with Crippen LogP contribution in [0.25, 0.3) is 32.4 Å². The molecule has 0 amide bonds. The van der Waals surface area contributed by atoms with Crippen LogP contribution in [0, 0.1) is 13.8 Å². The van der Waals surface area contributed by atoms with E-state index in [1.807, 2.05) is 0 Å². The molecule has 2 aromatic heterocycles. The van der Waals surface area contributed by atoms with Crippen LogP contribution in [0.15, 0.2) is 53.9 Å².